The zero-order chi connectivity index (χ0) is 16.4. The Morgan fingerprint density at radius 1 is 1.39 bits per heavy atom. The number of amides is 2. The van der Waals surface area contributed by atoms with Gasteiger partial charge in [-0.1, -0.05) is 0 Å². The molecule has 2 amide bonds. The lowest BCUT2D eigenvalue weighted by molar-refractivity contribution is -0.136. The SMILES string of the molecule is O=C(NCCO)[C@H]1CCCN1C(=O)C1=C[C@H]2OCO[C@H]2[C@H](O)C1. The number of carbonyl (C=O) groups excluding carboxylic acids is 2. The van der Waals surface area contributed by atoms with Crippen LogP contribution in [0.25, 0.3) is 0 Å². The highest BCUT2D eigenvalue weighted by Gasteiger charge is 2.42. The summed E-state index contributed by atoms with van der Waals surface area (Å²) in [6, 6.07) is -0.523. The van der Waals surface area contributed by atoms with E-state index < -0.39 is 24.4 Å². The van der Waals surface area contributed by atoms with Crippen molar-refractivity contribution in [1.29, 1.82) is 0 Å². The summed E-state index contributed by atoms with van der Waals surface area (Å²) in [5.74, 6) is -0.486. The number of hydrogen-bond donors (Lipinski definition) is 3. The molecule has 2 aliphatic heterocycles. The fraction of sp³-hybridized carbons (Fsp3) is 0.733. The second-order valence-corrected chi connectivity index (χ2v) is 6.02. The first-order valence-corrected chi connectivity index (χ1v) is 7.93. The molecule has 3 N–H and O–H groups in total. The maximum atomic E-state index is 12.7. The topological polar surface area (TPSA) is 108 Å². The molecule has 4 atom stereocenters. The highest BCUT2D eigenvalue weighted by molar-refractivity contribution is 5.97. The van der Waals surface area contributed by atoms with Gasteiger partial charge in [-0.15, -0.1) is 0 Å². The molecule has 0 bridgehead atoms. The van der Waals surface area contributed by atoms with Crippen LogP contribution in [0, 0.1) is 0 Å². The number of likely N-dealkylation sites (tertiary alicyclic amines) is 1. The van der Waals surface area contributed by atoms with Crippen LogP contribution in [0.1, 0.15) is 19.3 Å². The van der Waals surface area contributed by atoms with E-state index in [-0.39, 0.29) is 38.2 Å². The Balaban J connectivity index is 1.70. The normalized spacial score (nSPS) is 33.3. The number of nitrogens with zero attached hydrogens (tertiary/aromatic N) is 1. The highest BCUT2D eigenvalue weighted by atomic mass is 16.7. The molecule has 8 heteroatoms. The van der Waals surface area contributed by atoms with E-state index in [2.05, 4.69) is 5.32 Å². The van der Waals surface area contributed by atoms with Crippen LogP contribution >= 0.6 is 0 Å². The number of carbonyl (C=O) groups is 2. The molecule has 0 radical (unpaired) electrons. The van der Waals surface area contributed by atoms with Crippen LogP contribution in [0.15, 0.2) is 11.6 Å². The Kier molecular flexibility index (Phi) is 4.96. The van der Waals surface area contributed by atoms with E-state index in [4.69, 9.17) is 14.6 Å². The predicted molar refractivity (Wildman–Crippen MR) is 78.2 cm³/mol. The van der Waals surface area contributed by atoms with Crippen LogP contribution in [0.2, 0.25) is 0 Å². The molecule has 2 heterocycles. The molecule has 3 rings (SSSR count). The van der Waals surface area contributed by atoms with Crippen LogP contribution in [0.4, 0.5) is 0 Å². The Bertz CT molecular complexity index is 508. The van der Waals surface area contributed by atoms with Crippen molar-refractivity contribution in [2.45, 2.75) is 43.6 Å². The lowest BCUT2D eigenvalue weighted by Crippen LogP contribution is -2.48. The first-order chi connectivity index (χ1) is 11.1. The van der Waals surface area contributed by atoms with Gasteiger partial charge in [0.2, 0.25) is 11.8 Å². The van der Waals surface area contributed by atoms with Gasteiger partial charge in [-0.2, -0.15) is 0 Å². The summed E-state index contributed by atoms with van der Waals surface area (Å²) in [5.41, 5.74) is 0.464. The summed E-state index contributed by atoms with van der Waals surface area (Å²) in [7, 11) is 0. The van der Waals surface area contributed by atoms with Gasteiger partial charge in [-0.05, 0) is 18.9 Å². The van der Waals surface area contributed by atoms with Crippen LogP contribution in [-0.4, -0.2) is 77.8 Å². The van der Waals surface area contributed by atoms with Gasteiger partial charge in [-0.25, -0.2) is 0 Å². The summed E-state index contributed by atoms with van der Waals surface area (Å²) in [6.07, 6.45) is 1.64. The largest absolute Gasteiger partial charge is 0.395 e. The molecule has 2 saturated heterocycles. The van der Waals surface area contributed by atoms with Gasteiger partial charge in [0.25, 0.3) is 0 Å². The second-order valence-electron chi connectivity index (χ2n) is 6.02. The highest BCUT2D eigenvalue weighted by Crippen LogP contribution is 2.30. The zero-order valence-corrected chi connectivity index (χ0v) is 12.8. The summed E-state index contributed by atoms with van der Waals surface area (Å²) >= 11 is 0. The van der Waals surface area contributed by atoms with E-state index >= 15 is 0 Å². The molecule has 1 aliphatic carbocycles. The van der Waals surface area contributed by atoms with Gasteiger partial charge < -0.3 is 29.9 Å². The van der Waals surface area contributed by atoms with E-state index in [1.165, 1.54) is 0 Å². The van der Waals surface area contributed by atoms with E-state index in [9.17, 15) is 14.7 Å². The lowest BCUT2D eigenvalue weighted by atomic mass is 9.91. The minimum absolute atomic E-state index is 0.111. The molecule has 23 heavy (non-hydrogen) atoms. The van der Waals surface area contributed by atoms with Crippen molar-refractivity contribution in [3.63, 3.8) is 0 Å². The average Bonchev–Trinajstić information content (AvgIpc) is 3.20. The molecular formula is C15H22N2O6. The summed E-state index contributed by atoms with van der Waals surface area (Å²) < 4.78 is 10.7. The standard InChI is InChI=1S/C15H22N2O6/c18-5-3-16-14(20)10-2-1-4-17(10)15(21)9-6-11(19)13-12(7-9)22-8-23-13/h7,10-13,18-19H,1-6,8H2,(H,16,20)/t10-,11-,12-,13+/m1/s1. The molecule has 3 aliphatic rings. The monoisotopic (exact) mass is 326 g/mol. The zero-order valence-electron chi connectivity index (χ0n) is 12.8. The molecule has 0 aromatic heterocycles. The molecule has 0 spiro atoms. The van der Waals surface area contributed by atoms with Crippen molar-refractivity contribution in [2.24, 2.45) is 0 Å². The van der Waals surface area contributed by atoms with E-state index in [1.807, 2.05) is 0 Å². The predicted octanol–water partition coefficient (Wildman–Crippen LogP) is -1.48. The molecular weight excluding hydrogens is 304 g/mol. The lowest BCUT2D eigenvalue weighted by Gasteiger charge is -2.30. The van der Waals surface area contributed by atoms with Crippen LogP contribution in [0.5, 0.6) is 0 Å². The first kappa shape index (κ1) is 16.4. The van der Waals surface area contributed by atoms with Crippen molar-refractivity contribution >= 4 is 11.8 Å². The quantitative estimate of drug-likeness (QED) is 0.581. The van der Waals surface area contributed by atoms with Gasteiger partial charge in [0.1, 0.15) is 25.0 Å². The number of fused-ring (bicyclic) bond motifs is 1. The van der Waals surface area contributed by atoms with Crippen molar-refractivity contribution < 1.29 is 29.3 Å². The fourth-order valence-corrected chi connectivity index (χ4v) is 3.39. The molecule has 0 saturated carbocycles. The van der Waals surface area contributed by atoms with Crippen molar-refractivity contribution in [3.05, 3.63) is 11.6 Å². The minimum Gasteiger partial charge on any atom is -0.395 e. The smallest absolute Gasteiger partial charge is 0.250 e. The van der Waals surface area contributed by atoms with Gasteiger partial charge >= 0.3 is 0 Å². The maximum Gasteiger partial charge on any atom is 0.250 e. The third kappa shape index (κ3) is 3.25. The molecule has 0 unspecified atom stereocenters. The summed E-state index contributed by atoms with van der Waals surface area (Å²) in [5, 5.41) is 21.5. The third-order valence-electron chi connectivity index (χ3n) is 4.52. The Morgan fingerprint density at radius 3 is 3.00 bits per heavy atom. The van der Waals surface area contributed by atoms with Crippen LogP contribution in [0.3, 0.4) is 0 Å². The van der Waals surface area contributed by atoms with Crippen molar-refractivity contribution in [3.8, 4) is 0 Å². The van der Waals surface area contributed by atoms with Gasteiger partial charge in [0, 0.05) is 25.1 Å². The second kappa shape index (κ2) is 6.96. The van der Waals surface area contributed by atoms with E-state index in [0.717, 1.165) is 6.42 Å². The van der Waals surface area contributed by atoms with Gasteiger partial charge in [-0.3, -0.25) is 9.59 Å². The number of ether oxygens (including phenoxy) is 2. The number of rotatable bonds is 4. The van der Waals surface area contributed by atoms with Crippen LogP contribution in [-0.2, 0) is 19.1 Å². The third-order valence-corrected chi connectivity index (χ3v) is 4.52. The fourth-order valence-electron chi connectivity index (χ4n) is 3.39. The Labute approximate surface area is 134 Å². The Morgan fingerprint density at radius 2 is 2.22 bits per heavy atom. The van der Waals surface area contributed by atoms with E-state index in [0.29, 0.717) is 18.5 Å². The molecule has 8 nitrogen and oxygen atoms in total. The Hall–Kier alpha value is -1.48. The molecule has 0 aromatic rings. The summed E-state index contributed by atoms with van der Waals surface area (Å²) in [4.78, 5) is 26.4. The first-order valence-electron chi connectivity index (χ1n) is 7.93. The maximum absolute atomic E-state index is 12.7. The van der Waals surface area contributed by atoms with Crippen LogP contribution < -0.4 is 5.32 Å². The number of nitrogens with one attached hydrogen (secondary N) is 1. The van der Waals surface area contributed by atoms with Crippen molar-refractivity contribution in [2.75, 3.05) is 26.5 Å². The van der Waals surface area contributed by atoms with E-state index in [1.54, 1.807) is 11.0 Å². The number of aliphatic hydroxyl groups excluding tert-OH is 2. The average molecular weight is 326 g/mol. The molecule has 2 fully saturated rings. The number of hydrogen-bond acceptors (Lipinski definition) is 6. The molecule has 0 aromatic carbocycles. The van der Waals surface area contributed by atoms with Gasteiger partial charge in [0.15, 0.2) is 0 Å². The minimum atomic E-state index is -0.782. The molecule has 128 valence electrons. The van der Waals surface area contributed by atoms with Gasteiger partial charge in [0.05, 0.1) is 12.7 Å². The van der Waals surface area contributed by atoms with Crippen molar-refractivity contribution in [1.82, 2.24) is 10.2 Å². The number of aliphatic hydroxyl groups is 2. The summed E-state index contributed by atoms with van der Waals surface area (Å²) in [6.45, 7) is 0.660.